The van der Waals surface area contributed by atoms with Crippen molar-refractivity contribution >= 4 is 17.7 Å². The molecule has 1 unspecified atom stereocenters. The first-order valence-corrected chi connectivity index (χ1v) is 8.74. The van der Waals surface area contributed by atoms with Crippen molar-refractivity contribution in [3.8, 4) is 5.75 Å². The summed E-state index contributed by atoms with van der Waals surface area (Å²) in [5.74, 6) is 0.222. The summed E-state index contributed by atoms with van der Waals surface area (Å²) >= 11 is 0. The van der Waals surface area contributed by atoms with E-state index in [4.69, 9.17) is 10.5 Å². The van der Waals surface area contributed by atoms with E-state index in [1.54, 1.807) is 17.0 Å². The van der Waals surface area contributed by atoms with Crippen molar-refractivity contribution in [2.24, 2.45) is 5.73 Å². The van der Waals surface area contributed by atoms with E-state index in [1.165, 1.54) is 0 Å². The quantitative estimate of drug-likeness (QED) is 0.693. The molecule has 4 rings (SSSR count). The van der Waals surface area contributed by atoms with Crippen molar-refractivity contribution in [2.45, 2.75) is 56.8 Å². The minimum Gasteiger partial charge on any atom is -0.489 e. The van der Waals surface area contributed by atoms with Gasteiger partial charge in [0, 0.05) is 18.2 Å². The highest BCUT2D eigenvalue weighted by molar-refractivity contribution is 6.01. The summed E-state index contributed by atoms with van der Waals surface area (Å²) < 4.78 is 6.00. The van der Waals surface area contributed by atoms with E-state index in [-0.39, 0.29) is 29.9 Å². The second-order valence-corrected chi connectivity index (χ2v) is 6.99. The minimum atomic E-state index is -0.481. The lowest BCUT2D eigenvalue weighted by atomic mass is 10.1. The Morgan fingerprint density at radius 1 is 1.24 bits per heavy atom. The number of rotatable bonds is 3. The second-order valence-electron chi connectivity index (χ2n) is 6.99. The van der Waals surface area contributed by atoms with Crippen LogP contribution in [0.25, 0.3) is 0 Å². The molecule has 0 radical (unpaired) electrons. The normalized spacial score (nSPS) is 28.9. The maximum absolute atomic E-state index is 12.7. The van der Waals surface area contributed by atoms with E-state index in [0.717, 1.165) is 30.6 Å². The predicted molar refractivity (Wildman–Crippen MR) is 89.2 cm³/mol. The summed E-state index contributed by atoms with van der Waals surface area (Å²) in [4.78, 5) is 28.0. The fourth-order valence-corrected chi connectivity index (χ4v) is 3.92. The highest BCUT2D eigenvalue weighted by atomic mass is 16.5. The standard InChI is InChI=1S/C18H21N3O4/c19-13-2-1-3-15(13)25-11-4-5-12-10(8-11)9-21(18(12)24)14-6-7-16(22)20-17(14)23/h4-5,8,13-15H,1-3,6-7,9,19H2,(H,20,22,23)/p+1/t13-,14?,15+/m0/s1. The van der Waals surface area contributed by atoms with Gasteiger partial charge in [-0.25, -0.2) is 4.79 Å². The Bertz CT molecular complexity index is 761. The smallest absolute Gasteiger partial charge is 0.388 e. The molecule has 7 nitrogen and oxygen atoms in total. The zero-order valence-corrected chi connectivity index (χ0v) is 13.9. The van der Waals surface area contributed by atoms with E-state index in [2.05, 4.69) is 4.99 Å². The lowest BCUT2D eigenvalue weighted by Gasteiger charge is -2.24. The first kappa shape index (κ1) is 16.1. The number of hydrogen-bond donors (Lipinski definition) is 3. The number of amides is 2. The molecule has 1 aromatic carbocycles. The van der Waals surface area contributed by atoms with Crippen LogP contribution >= 0.6 is 0 Å². The van der Waals surface area contributed by atoms with Crippen LogP contribution in [0.1, 0.15) is 48.0 Å². The maximum atomic E-state index is 12.7. The number of benzene rings is 1. The molecule has 1 fully saturated rings. The van der Waals surface area contributed by atoms with Gasteiger partial charge < -0.3 is 20.5 Å². The molecular formula is C18H22N3O4+. The number of carbonyl (C=O) groups excluding carboxylic acids is 2. The van der Waals surface area contributed by atoms with E-state index < -0.39 is 6.04 Å². The highest BCUT2D eigenvalue weighted by Gasteiger charge is 2.41. The van der Waals surface area contributed by atoms with Crippen LogP contribution < -0.4 is 15.5 Å². The van der Waals surface area contributed by atoms with Gasteiger partial charge in [0.2, 0.25) is 0 Å². The van der Waals surface area contributed by atoms with Gasteiger partial charge in [0.1, 0.15) is 11.9 Å². The Labute approximate surface area is 145 Å². The van der Waals surface area contributed by atoms with Crippen LogP contribution in [0.3, 0.4) is 0 Å². The molecular weight excluding hydrogens is 322 g/mol. The predicted octanol–water partition coefficient (Wildman–Crippen LogP) is -0.373. The molecule has 0 bridgehead atoms. The molecule has 3 aliphatic rings. The third kappa shape index (κ3) is 2.89. The Morgan fingerprint density at radius 2 is 2.08 bits per heavy atom. The molecule has 0 aromatic heterocycles. The number of aliphatic hydroxyl groups is 1. The second kappa shape index (κ2) is 6.15. The summed E-state index contributed by atoms with van der Waals surface area (Å²) in [6.07, 6.45) is 3.75. The van der Waals surface area contributed by atoms with Crippen LogP contribution in [0.15, 0.2) is 18.2 Å². The van der Waals surface area contributed by atoms with E-state index >= 15 is 0 Å². The summed E-state index contributed by atoms with van der Waals surface area (Å²) in [5, 5.41) is 10.0. The molecule has 132 valence electrons. The van der Waals surface area contributed by atoms with Crippen LogP contribution in [-0.4, -0.2) is 45.9 Å². The Kier molecular flexibility index (Phi) is 3.95. The van der Waals surface area contributed by atoms with Crippen molar-refractivity contribution in [1.82, 2.24) is 4.90 Å². The first-order chi connectivity index (χ1) is 12.0. The average Bonchev–Trinajstić information content (AvgIpc) is 3.12. The molecule has 25 heavy (non-hydrogen) atoms. The number of carbonyl (C=O) groups is 2. The molecule has 1 aromatic rings. The van der Waals surface area contributed by atoms with Crippen LogP contribution in [0.5, 0.6) is 5.75 Å². The average molecular weight is 344 g/mol. The topological polar surface area (TPSA) is 107 Å². The summed E-state index contributed by atoms with van der Waals surface area (Å²) in [6, 6.07) is 5.04. The van der Waals surface area contributed by atoms with Crippen molar-refractivity contribution in [3.05, 3.63) is 29.3 Å². The zero-order chi connectivity index (χ0) is 17.6. The number of ether oxygens (including phenoxy) is 1. The van der Waals surface area contributed by atoms with Crippen molar-refractivity contribution in [1.29, 1.82) is 0 Å². The van der Waals surface area contributed by atoms with Crippen molar-refractivity contribution in [2.75, 3.05) is 0 Å². The first-order valence-electron chi connectivity index (χ1n) is 8.74. The van der Waals surface area contributed by atoms with Gasteiger partial charge in [-0.05, 0) is 49.4 Å². The largest absolute Gasteiger partial charge is 0.489 e. The Balaban J connectivity index is 1.53. The van der Waals surface area contributed by atoms with Crippen molar-refractivity contribution in [3.63, 3.8) is 0 Å². The van der Waals surface area contributed by atoms with Crippen LogP contribution in [0.4, 0.5) is 0 Å². The maximum Gasteiger partial charge on any atom is 0.388 e. The monoisotopic (exact) mass is 344 g/mol. The van der Waals surface area contributed by atoms with Gasteiger partial charge in [-0.15, -0.1) is 4.99 Å². The minimum absolute atomic E-state index is 0.0252. The molecule has 1 saturated carbocycles. The number of nitrogens with one attached hydrogen (secondary N) is 1. The number of nitrogens with zero attached hydrogens (tertiary/aromatic N) is 1. The highest BCUT2D eigenvalue weighted by Crippen LogP contribution is 2.31. The molecule has 7 heteroatoms. The molecule has 2 amide bonds. The fraction of sp³-hybridized carbons (Fsp3) is 0.500. The molecule has 4 N–H and O–H groups in total. The Morgan fingerprint density at radius 3 is 2.80 bits per heavy atom. The van der Waals surface area contributed by atoms with Gasteiger partial charge in [-0.2, -0.15) is 0 Å². The van der Waals surface area contributed by atoms with E-state index in [9.17, 15) is 14.7 Å². The van der Waals surface area contributed by atoms with Crippen LogP contribution in [-0.2, 0) is 11.3 Å². The molecule has 2 heterocycles. The zero-order valence-electron chi connectivity index (χ0n) is 13.9. The lowest BCUT2D eigenvalue weighted by molar-refractivity contribution is -0.394. The van der Waals surface area contributed by atoms with Gasteiger partial charge in [-0.1, -0.05) is 0 Å². The van der Waals surface area contributed by atoms with Gasteiger partial charge in [0.05, 0.1) is 6.42 Å². The van der Waals surface area contributed by atoms with Crippen molar-refractivity contribution < 1.29 is 24.4 Å². The number of hydrogen-bond acceptors (Lipinski definition) is 4. The van der Waals surface area contributed by atoms with Gasteiger partial charge in [0.25, 0.3) is 5.91 Å². The number of aliphatic hydroxyl groups excluding tert-OH is 1. The number of nitrogens with two attached hydrogens (primary N) is 1. The Hall–Kier alpha value is -2.41. The molecule has 2 aliphatic heterocycles. The van der Waals surface area contributed by atoms with Gasteiger partial charge in [0.15, 0.2) is 6.04 Å². The van der Waals surface area contributed by atoms with Crippen LogP contribution in [0.2, 0.25) is 0 Å². The molecule has 0 spiro atoms. The van der Waals surface area contributed by atoms with Gasteiger partial charge in [-0.3, -0.25) is 4.79 Å². The number of fused-ring (bicyclic) bond motifs is 1. The molecule has 0 saturated heterocycles. The summed E-state index contributed by atoms with van der Waals surface area (Å²) in [7, 11) is 0. The fourth-order valence-electron chi connectivity index (χ4n) is 3.92. The summed E-state index contributed by atoms with van der Waals surface area (Å²) in [6.45, 7) is 0.396. The third-order valence-electron chi connectivity index (χ3n) is 5.30. The van der Waals surface area contributed by atoms with Gasteiger partial charge >= 0.3 is 11.8 Å². The lowest BCUT2D eigenvalue weighted by Crippen LogP contribution is -2.82. The molecule has 1 aliphatic carbocycles. The summed E-state index contributed by atoms with van der Waals surface area (Å²) in [5.41, 5.74) is 7.55. The van der Waals surface area contributed by atoms with E-state index in [1.807, 2.05) is 6.07 Å². The molecule has 3 atom stereocenters. The van der Waals surface area contributed by atoms with Crippen LogP contribution in [0, 0.1) is 0 Å². The van der Waals surface area contributed by atoms with E-state index in [0.29, 0.717) is 24.9 Å². The SMILES string of the molecule is N[C@H]1CCC[C@H]1Oc1ccc2c(c1)CN(C1CCC(=O)[NH+]=C1O)C2=O. The third-order valence-corrected chi connectivity index (χ3v) is 5.30.